The first-order valence-electron chi connectivity index (χ1n) is 6.37. The van der Waals surface area contributed by atoms with E-state index in [-0.39, 0.29) is 0 Å². The summed E-state index contributed by atoms with van der Waals surface area (Å²) < 4.78 is 9.92. The average molecular weight is 323 g/mol. The van der Waals surface area contributed by atoms with Crippen molar-refractivity contribution in [3.63, 3.8) is 0 Å². The van der Waals surface area contributed by atoms with Gasteiger partial charge in [-0.05, 0) is 29.8 Å². The molecule has 1 fully saturated rings. The Morgan fingerprint density at radius 1 is 1.24 bits per heavy atom. The molecular formula is C15H11ClO4S. The van der Waals surface area contributed by atoms with Crippen molar-refractivity contribution in [2.45, 2.75) is 12.5 Å². The van der Waals surface area contributed by atoms with E-state index >= 15 is 0 Å². The van der Waals surface area contributed by atoms with Crippen molar-refractivity contribution in [1.82, 2.24) is 0 Å². The van der Waals surface area contributed by atoms with Crippen LogP contribution in [0.25, 0.3) is 10.4 Å². The number of hydrogen-bond acceptors (Lipinski definition) is 5. The zero-order valence-corrected chi connectivity index (χ0v) is 12.4. The van der Waals surface area contributed by atoms with E-state index in [0.29, 0.717) is 22.9 Å². The number of rotatable bonds is 3. The molecule has 1 aromatic heterocycles. The quantitative estimate of drug-likeness (QED) is 0.811. The fourth-order valence-electron chi connectivity index (χ4n) is 1.99. The fourth-order valence-corrected chi connectivity index (χ4v) is 3.01. The molecule has 0 bridgehead atoms. The van der Waals surface area contributed by atoms with E-state index in [9.17, 15) is 9.59 Å². The summed E-state index contributed by atoms with van der Waals surface area (Å²) in [7, 11) is 0. The second-order valence-electron chi connectivity index (χ2n) is 4.52. The van der Waals surface area contributed by atoms with Crippen molar-refractivity contribution >= 4 is 34.9 Å². The lowest BCUT2D eigenvalue weighted by Crippen LogP contribution is -2.22. The highest BCUT2D eigenvalue weighted by atomic mass is 35.5. The van der Waals surface area contributed by atoms with E-state index in [1.54, 1.807) is 18.2 Å². The molecule has 1 aliphatic heterocycles. The number of carbonyl (C=O) groups excluding carboxylic acids is 2. The average Bonchev–Trinajstić information content (AvgIpc) is 3.10. The second kappa shape index (κ2) is 5.87. The van der Waals surface area contributed by atoms with Gasteiger partial charge in [0.2, 0.25) is 6.10 Å². The van der Waals surface area contributed by atoms with Crippen molar-refractivity contribution in [2.75, 3.05) is 6.61 Å². The highest BCUT2D eigenvalue weighted by Crippen LogP contribution is 2.29. The second-order valence-corrected chi connectivity index (χ2v) is 6.04. The van der Waals surface area contributed by atoms with Gasteiger partial charge in [-0.1, -0.05) is 23.7 Å². The van der Waals surface area contributed by atoms with Gasteiger partial charge in [0.25, 0.3) is 0 Å². The van der Waals surface area contributed by atoms with Gasteiger partial charge in [0, 0.05) is 16.3 Å². The number of thiophene rings is 1. The molecule has 0 unspecified atom stereocenters. The molecule has 6 heteroatoms. The lowest BCUT2D eigenvalue weighted by atomic mass is 10.2. The standard InChI is InChI=1S/C15H11ClO4S/c16-10-3-1-9(2-4-10)12-5-6-13(21-12)15(18)20-11-7-8-19-14(11)17/h1-6,11H,7-8H2/t11-/m1/s1. The zero-order valence-electron chi connectivity index (χ0n) is 10.9. The van der Waals surface area contributed by atoms with Crippen LogP contribution in [0.3, 0.4) is 0 Å². The van der Waals surface area contributed by atoms with E-state index in [0.717, 1.165) is 10.4 Å². The van der Waals surface area contributed by atoms with Crippen LogP contribution in [-0.2, 0) is 14.3 Å². The molecule has 108 valence electrons. The summed E-state index contributed by atoms with van der Waals surface area (Å²) in [5.41, 5.74) is 0.976. The van der Waals surface area contributed by atoms with Crippen LogP contribution < -0.4 is 0 Å². The highest BCUT2D eigenvalue weighted by molar-refractivity contribution is 7.17. The van der Waals surface area contributed by atoms with Crippen LogP contribution in [0, 0.1) is 0 Å². The Kier molecular flexibility index (Phi) is 3.94. The molecule has 0 N–H and O–H groups in total. The molecule has 0 radical (unpaired) electrons. The van der Waals surface area contributed by atoms with Crippen LogP contribution in [0.4, 0.5) is 0 Å². The zero-order chi connectivity index (χ0) is 14.8. The highest BCUT2D eigenvalue weighted by Gasteiger charge is 2.30. The third-order valence-electron chi connectivity index (χ3n) is 3.07. The maximum atomic E-state index is 12.0. The normalized spacial score (nSPS) is 17.6. The molecule has 1 atom stereocenters. The third kappa shape index (κ3) is 3.09. The van der Waals surface area contributed by atoms with Gasteiger partial charge in [-0.15, -0.1) is 11.3 Å². The molecule has 4 nitrogen and oxygen atoms in total. The molecule has 2 heterocycles. The first-order chi connectivity index (χ1) is 10.1. The van der Waals surface area contributed by atoms with E-state index in [4.69, 9.17) is 21.1 Å². The van der Waals surface area contributed by atoms with E-state index in [1.165, 1.54) is 11.3 Å². The molecule has 0 spiro atoms. The van der Waals surface area contributed by atoms with Crippen LogP contribution in [-0.4, -0.2) is 24.6 Å². The van der Waals surface area contributed by atoms with Crippen molar-refractivity contribution in [1.29, 1.82) is 0 Å². The number of ether oxygens (including phenoxy) is 2. The first-order valence-corrected chi connectivity index (χ1v) is 7.56. The Bertz CT molecular complexity index is 677. The minimum Gasteiger partial charge on any atom is -0.463 e. The molecule has 1 aliphatic rings. The van der Waals surface area contributed by atoms with Crippen LogP contribution in [0.5, 0.6) is 0 Å². The Morgan fingerprint density at radius 3 is 2.67 bits per heavy atom. The summed E-state index contributed by atoms with van der Waals surface area (Å²) in [5, 5.41) is 0.662. The van der Waals surface area contributed by atoms with Gasteiger partial charge in [0.05, 0.1) is 6.61 Å². The molecule has 2 aromatic rings. The van der Waals surface area contributed by atoms with Gasteiger partial charge in [-0.2, -0.15) is 0 Å². The molecular weight excluding hydrogens is 312 g/mol. The van der Waals surface area contributed by atoms with Gasteiger partial charge < -0.3 is 9.47 Å². The summed E-state index contributed by atoms with van der Waals surface area (Å²) in [6.07, 6.45) is -0.362. The molecule has 3 rings (SSSR count). The maximum absolute atomic E-state index is 12.0. The van der Waals surface area contributed by atoms with E-state index < -0.39 is 18.0 Å². The molecule has 1 aromatic carbocycles. The first kappa shape index (κ1) is 14.1. The number of benzene rings is 1. The number of cyclic esters (lactones) is 1. The lowest BCUT2D eigenvalue weighted by Gasteiger charge is -2.06. The summed E-state index contributed by atoms with van der Waals surface area (Å²) in [6, 6.07) is 10.9. The Labute approximate surface area is 130 Å². The van der Waals surface area contributed by atoms with Crippen molar-refractivity contribution in [3.8, 4) is 10.4 Å². The Hall–Kier alpha value is -1.85. The third-order valence-corrected chi connectivity index (χ3v) is 4.44. The van der Waals surface area contributed by atoms with Crippen LogP contribution in [0.2, 0.25) is 5.02 Å². The SMILES string of the molecule is O=C(O[C@@H]1CCOC1=O)c1ccc(-c2ccc(Cl)cc2)s1. The van der Waals surface area contributed by atoms with Crippen LogP contribution in [0.1, 0.15) is 16.1 Å². The van der Waals surface area contributed by atoms with Gasteiger partial charge in [-0.25, -0.2) is 9.59 Å². The van der Waals surface area contributed by atoms with Gasteiger partial charge >= 0.3 is 11.9 Å². The van der Waals surface area contributed by atoms with Gasteiger partial charge in [0.1, 0.15) is 4.88 Å². The summed E-state index contributed by atoms with van der Waals surface area (Å²) in [5.74, 6) is -0.970. The topological polar surface area (TPSA) is 52.6 Å². The monoisotopic (exact) mass is 322 g/mol. The number of hydrogen-bond donors (Lipinski definition) is 0. The predicted molar refractivity (Wildman–Crippen MR) is 79.5 cm³/mol. The molecule has 1 saturated heterocycles. The largest absolute Gasteiger partial charge is 0.463 e. The molecule has 21 heavy (non-hydrogen) atoms. The fraction of sp³-hybridized carbons (Fsp3) is 0.200. The summed E-state index contributed by atoms with van der Waals surface area (Å²) >= 11 is 7.16. The lowest BCUT2D eigenvalue weighted by molar-refractivity contribution is -0.145. The summed E-state index contributed by atoms with van der Waals surface area (Å²) in [4.78, 5) is 24.7. The number of esters is 2. The molecule has 0 amide bonds. The smallest absolute Gasteiger partial charge is 0.349 e. The molecule has 0 saturated carbocycles. The van der Waals surface area contributed by atoms with Gasteiger partial charge in [0.15, 0.2) is 0 Å². The predicted octanol–water partition coefficient (Wildman–Crippen LogP) is 3.54. The number of carbonyl (C=O) groups is 2. The Balaban J connectivity index is 1.73. The van der Waals surface area contributed by atoms with Crippen LogP contribution >= 0.6 is 22.9 Å². The van der Waals surface area contributed by atoms with E-state index in [2.05, 4.69) is 0 Å². The minimum atomic E-state index is -0.779. The minimum absolute atomic E-state index is 0.303. The maximum Gasteiger partial charge on any atom is 0.349 e. The molecule has 0 aliphatic carbocycles. The Morgan fingerprint density at radius 2 is 2.00 bits per heavy atom. The number of halogens is 1. The van der Waals surface area contributed by atoms with Crippen molar-refractivity contribution in [3.05, 3.63) is 46.3 Å². The van der Waals surface area contributed by atoms with Crippen molar-refractivity contribution in [2.24, 2.45) is 0 Å². The van der Waals surface area contributed by atoms with Crippen molar-refractivity contribution < 1.29 is 19.1 Å². The summed E-state index contributed by atoms with van der Waals surface area (Å²) in [6.45, 7) is 0.303. The van der Waals surface area contributed by atoms with Crippen LogP contribution in [0.15, 0.2) is 36.4 Å². The van der Waals surface area contributed by atoms with E-state index in [1.807, 2.05) is 18.2 Å². The van der Waals surface area contributed by atoms with Gasteiger partial charge in [-0.3, -0.25) is 0 Å².